The van der Waals surface area contributed by atoms with Crippen LogP contribution in [0.15, 0.2) is 28.7 Å². The molecule has 0 spiro atoms. The summed E-state index contributed by atoms with van der Waals surface area (Å²) in [5, 5.41) is 9.23. The van der Waals surface area contributed by atoms with Crippen LogP contribution in [0.5, 0.6) is 0 Å². The molecule has 0 aliphatic rings. The van der Waals surface area contributed by atoms with Crippen LogP contribution in [0.1, 0.15) is 28.3 Å². The standard InChI is InChI=1S/C14H15BrN2O/c1-9-13(8-18)10(2)17-14(16-9)7-11-3-5-12(15)6-4-11/h3-6,18H,7-8H2,1-2H3. The van der Waals surface area contributed by atoms with E-state index in [-0.39, 0.29) is 6.61 Å². The Morgan fingerprint density at radius 3 is 2.11 bits per heavy atom. The Kier molecular flexibility index (Phi) is 4.09. The van der Waals surface area contributed by atoms with Crippen molar-refractivity contribution in [2.45, 2.75) is 26.9 Å². The van der Waals surface area contributed by atoms with Crippen LogP contribution in [-0.2, 0) is 13.0 Å². The number of hydrogen-bond donors (Lipinski definition) is 1. The highest BCUT2D eigenvalue weighted by atomic mass is 79.9. The smallest absolute Gasteiger partial charge is 0.133 e. The van der Waals surface area contributed by atoms with Gasteiger partial charge >= 0.3 is 0 Å². The van der Waals surface area contributed by atoms with Crippen LogP contribution in [0.25, 0.3) is 0 Å². The van der Waals surface area contributed by atoms with E-state index in [4.69, 9.17) is 0 Å². The minimum Gasteiger partial charge on any atom is -0.392 e. The van der Waals surface area contributed by atoms with Crippen molar-refractivity contribution in [1.29, 1.82) is 0 Å². The number of benzene rings is 1. The van der Waals surface area contributed by atoms with Crippen molar-refractivity contribution in [3.8, 4) is 0 Å². The molecule has 4 heteroatoms. The first-order valence-electron chi connectivity index (χ1n) is 5.78. The van der Waals surface area contributed by atoms with Gasteiger partial charge in [-0.15, -0.1) is 0 Å². The van der Waals surface area contributed by atoms with Crippen LogP contribution in [-0.4, -0.2) is 15.1 Å². The molecule has 1 N–H and O–H groups in total. The Balaban J connectivity index is 2.27. The van der Waals surface area contributed by atoms with Crippen molar-refractivity contribution in [3.05, 3.63) is 57.1 Å². The Labute approximate surface area is 115 Å². The number of halogens is 1. The third-order valence-corrected chi connectivity index (χ3v) is 3.43. The Morgan fingerprint density at radius 2 is 1.61 bits per heavy atom. The third-order valence-electron chi connectivity index (χ3n) is 2.90. The second kappa shape index (κ2) is 5.59. The number of aliphatic hydroxyl groups excluding tert-OH is 1. The van der Waals surface area contributed by atoms with Crippen molar-refractivity contribution in [3.63, 3.8) is 0 Å². The molecule has 2 aromatic rings. The average molecular weight is 307 g/mol. The van der Waals surface area contributed by atoms with E-state index >= 15 is 0 Å². The fourth-order valence-corrected chi connectivity index (χ4v) is 2.17. The van der Waals surface area contributed by atoms with Crippen molar-refractivity contribution in [1.82, 2.24) is 9.97 Å². The van der Waals surface area contributed by atoms with E-state index in [0.717, 1.165) is 27.2 Å². The average Bonchev–Trinajstić information content (AvgIpc) is 2.32. The summed E-state index contributed by atoms with van der Waals surface area (Å²) in [5.74, 6) is 0.796. The van der Waals surface area contributed by atoms with Crippen molar-refractivity contribution < 1.29 is 5.11 Å². The molecule has 94 valence electrons. The van der Waals surface area contributed by atoms with Gasteiger partial charge in [0.2, 0.25) is 0 Å². The molecule has 2 rings (SSSR count). The molecule has 0 saturated carbocycles. The minimum atomic E-state index is -0.00374. The first-order chi connectivity index (χ1) is 8.60. The van der Waals surface area contributed by atoms with E-state index in [2.05, 4.69) is 38.0 Å². The molecule has 0 fully saturated rings. The maximum absolute atomic E-state index is 9.23. The van der Waals surface area contributed by atoms with Crippen LogP contribution in [0.3, 0.4) is 0 Å². The quantitative estimate of drug-likeness (QED) is 0.948. The van der Waals surface area contributed by atoms with Crippen LogP contribution in [0.2, 0.25) is 0 Å². The maximum atomic E-state index is 9.23. The van der Waals surface area contributed by atoms with Crippen LogP contribution in [0.4, 0.5) is 0 Å². The first kappa shape index (κ1) is 13.2. The molecule has 1 heterocycles. The zero-order valence-electron chi connectivity index (χ0n) is 10.4. The lowest BCUT2D eigenvalue weighted by molar-refractivity contribution is 0.279. The summed E-state index contributed by atoms with van der Waals surface area (Å²) < 4.78 is 1.06. The van der Waals surface area contributed by atoms with Crippen molar-refractivity contribution in [2.24, 2.45) is 0 Å². The van der Waals surface area contributed by atoms with E-state index in [0.29, 0.717) is 6.42 Å². The maximum Gasteiger partial charge on any atom is 0.133 e. The molecule has 0 bridgehead atoms. The largest absolute Gasteiger partial charge is 0.392 e. The topological polar surface area (TPSA) is 46.0 Å². The highest BCUT2D eigenvalue weighted by Crippen LogP contribution is 2.15. The van der Waals surface area contributed by atoms with Crippen LogP contribution < -0.4 is 0 Å². The van der Waals surface area contributed by atoms with E-state index in [1.165, 1.54) is 5.56 Å². The summed E-state index contributed by atoms with van der Waals surface area (Å²) in [6, 6.07) is 8.13. The van der Waals surface area contributed by atoms with Crippen LogP contribution in [0, 0.1) is 13.8 Å². The Hall–Kier alpha value is -1.26. The predicted molar refractivity (Wildman–Crippen MR) is 74.4 cm³/mol. The highest BCUT2D eigenvalue weighted by Gasteiger charge is 2.08. The summed E-state index contributed by atoms with van der Waals surface area (Å²) >= 11 is 3.41. The summed E-state index contributed by atoms with van der Waals surface area (Å²) in [6.07, 6.45) is 0.709. The molecule has 0 amide bonds. The zero-order chi connectivity index (χ0) is 13.1. The van der Waals surface area contributed by atoms with E-state index < -0.39 is 0 Å². The molecule has 0 unspecified atom stereocenters. The molecule has 0 radical (unpaired) electrons. The van der Waals surface area contributed by atoms with Gasteiger partial charge in [0, 0.05) is 27.8 Å². The zero-order valence-corrected chi connectivity index (χ0v) is 12.0. The van der Waals surface area contributed by atoms with E-state index in [1.807, 2.05) is 26.0 Å². The SMILES string of the molecule is Cc1nc(Cc2ccc(Br)cc2)nc(C)c1CO. The fraction of sp³-hybridized carbons (Fsp3) is 0.286. The van der Waals surface area contributed by atoms with Crippen molar-refractivity contribution >= 4 is 15.9 Å². The number of aryl methyl sites for hydroxylation is 2. The molecule has 1 aromatic heterocycles. The van der Waals surface area contributed by atoms with Gasteiger partial charge in [-0.3, -0.25) is 0 Å². The Bertz CT molecular complexity index is 529. The van der Waals surface area contributed by atoms with Gasteiger partial charge < -0.3 is 5.11 Å². The van der Waals surface area contributed by atoms with Gasteiger partial charge in [0.15, 0.2) is 0 Å². The Morgan fingerprint density at radius 1 is 1.06 bits per heavy atom. The molecular weight excluding hydrogens is 292 g/mol. The third kappa shape index (κ3) is 2.94. The fourth-order valence-electron chi connectivity index (χ4n) is 1.90. The summed E-state index contributed by atoms with van der Waals surface area (Å²) in [5.41, 5.74) is 3.72. The lowest BCUT2D eigenvalue weighted by Gasteiger charge is -2.08. The second-order valence-electron chi connectivity index (χ2n) is 4.25. The second-order valence-corrected chi connectivity index (χ2v) is 5.17. The van der Waals surface area contributed by atoms with E-state index in [1.54, 1.807) is 0 Å². The number of rotatable bonds is 3. The van der Waals surface area contributed by atoms with Gasteiger partial charge in [0.05, 0.1) is 6.61 Å². The van der Waals surface area contributed by atoms with Crippen molar-refractivity contribution in [2.75, 3.05) is 0 Å². The predicted octanol–water partition coefficient (Wildman–Crippen LogP) is 2.94. The molecule has 1 aromatic carbocycles. The first-order valence-corrected chi connectivity index (χ1v) is 6.57. The van der Waals surface area contributed by atoms with Crippen LogP contribution >= 0.6 is 15.9 Å². The molecule has 0 atom stereocenters. The lowest BCUT2D eigenvalue weighted by Crippen LogP contribution is -2.05. The summed E-state index contributed by atoms with van der Waals surface area (Å²) in [7, 11) is 0. The summed E-state index contributed by atoms with van der Waals surface area (Å²) in [4.78, 5) is 8.88. The van der Waals surface area contributed by atoms with Gasteiger partial charge in [-0.25, -0.2) is 9.97 Å². The number of aliphatic hydroxyl groups is 1. The monoisotopic (exact) mass is 306 g/mol. The number of nitrogens with zero attached hydrogens (tertiary/aromatic N) is 2. The van der Waals surface area contributed by atoms with E-state index in [9.17, 15) is 5.11 Å². The molecule has 0 aliphatic heterocycles. The van der Waals surface area contributed by atoms with Gasteiger partial charge in [-0.05, 0) is 31.5 Å². The van der Waals surface area contributed by atoms with Gasteiger partial charge in [-0.2, -0.15) is 0 Å². The molecular formula is C14H15BrN2O. The molecule has 0 saturated heterocycles. The lowest BCUT2D eigenvalue weighted by atomic mass is 10.1. The summed E-state index contributed by atoms with van der Waals surface area (Å²) in [6.45, 7) is 3.81. The molecule has 3 nitrogen and oxygen atoms in total. The highest BCUT2D eigenvalue weighted by molar-refractivity contribution is 9.10. The molecule has 18 heavy (non-hydrogen) atoms. The van der Waals surface area contributed by atoms with Gasteiger partial charge in [-0.1, -0.05) is 28.1 Å². The minimum absolute atomic E-state index is 0.00374. The number of hydrogen-bond acceptors (Lipinski definition) is 3. The normalized spacial score (nSPS) is 10.7. The molecule has 0 aliphatic carbocycles. The number of aromatic nitrogens is 2. The van der Waals surface area contributed by atoms with Gasteiger partial charge in [0.25, 0.3) is 0 Å². The van der Waals surface area contributed by atoms with Gasteiger partial charge in [0.1, 0.15) is 5.82 Å².